The van der Waals surface area contributed by atoms with Crippen LogP contribution in [-0.2, 0) is 11.3 Å². The number of aromatic amines is 1. The van der Waals surface area contributed by atoms with E-state index in [-0.39, 0.29) is 5.56 Å². The molecule has 0 bridgehead atoms. The van der Waals surface area contributed by atoms with E-state index in [1.165, 1.54) is 28.3 Å². The van der Waals surface area contributed by atoms with E-state index in [9.17, 15) is 9.00 Å². The molecule has 1 heterocycles. The fourth-order valence-electron chi connectivity index (χ4n) is 3.25. The number of pyridine rings is 1. The first-order chi connectivity index (χ1) is 14.7. The van der Waals surface area contributed by atoms with Crippen molar-refractivity contribution in [3.8, 4) is 28.0 Å². The Morgan fingerprint density at radius 2 is 1.73 bits per heavy atom. The molecule has 2 aromatic carbocycles. The van der Waals surface area contributed by atoms with E-state index in [0.717, 1.165) is 29.5 Å². The highest BCUT2D eigenvalue weighted by Crippen LogP contribution is 2.43. The van der Waals surface area contributed by atoms with Crippen molar-refractivity contribution >= 4 is 27.5 Å². The van der Waals surface area contributed by atoms with Crippen molar-refractivity contribution in [1.29, 1.82) is 0 Å². The second-order valence-corrected chi connectivity index (χ2v) is 7.48. The zero-order chi connectivity index (χ0) is 20.8. The molecular weight excluding hydrogens is 394 g/mol. The molecule has 0 fully saturated rings. The Labute approximate surface area is 178 Å². The first kappa shape index (κ1) is 19.9. The Morgan fingerprint density at radius 3 is 2.47 bits per heavy atom. The molecule has 150 valence electrons. The highest BCUT2D eigenvalue weighted by Gasteiger charge is 2.17. The van der Waals surface area contributed by atoms with E-state index in [4.69, 9.17) is 4.74 Å². The average Bonchev–Trinajstić information content (AvgIpc) is 3.44. The van der Waals surface area contributed by atoms with Gasteiger partial charge < -0.3 is 9.72 Å². The lowest BCUT2D eigenvalue weighted by Gasteiger charge is -2.06. The summed E-state index contributed by atoms with van der Waals surface area (Å²) in [7, 11) is 0. The summed E-state index contributed by atoms with van der Waals surface area (Å²) in [6.07, 6.45) is 1.56. The molecular formula is C25H21NO3S. The normalized spacial score (nSPS) is 10.7. The molecule has 0 atom stereocenters. The van der Waals surface area contributed by atoms with Gasteiger partial charge in [-0.15, -0.1) is 0 Å². The second-order valence-electron chi connectivity index (χ2n) is 6.95. The molecule has 1 aromatic heterocycles. The summed E-state index contributed by atoms with van der Waals surface area (Å²) in [5.74, 6) is 0.768. The Balaban J connectivity index is 0.000000156. The number of H-pyrrole nitrogens is 1. The first-order valence-electron chi connectivity index (χ1n) is 9.80. The SMILES string of the molecule is O=S=CCCCOc1ccc2[nH]c(=O)ccc2c1.c1ccc(-c2ccc3cc2-3)cc1. The molecule has 0 spiro atoms. The lowest BCUT2D eigenvalue weighted by Crippen LogP contribution is -2.02. The van der Waals surface area contributed by atoms with Crippen LogP contribution in [0.1, 0.15) is 12.8 Å². The smallest absolute Gasteiger partial charge is 0.248 e. The van der Waals surface area contributed by atoms with Gasteiger partial charge in [0.2, 0.25) is 5.56 Å². The van der Waals surface area contributed by atoms with Crippen LogP contribution in [0.2, 0.25) is 0 Å². The van der Waals surface area contributed by atoms with Crippen molar-refractivity contribution in [3.05, 3.63) is 89.2 Å². The van der Waals surface area contributed by atoms with Crippen molar-refractivity contribution in [3.63, 3.8) is 0 Å². The Kier molecular flexibility index (Phi) is 6.20. The van der Waals surface area contributed by atoms with Gasteiger partial charge >= 0.3 is 0 Å². The van der Waals surface area contributed by atoms with Crippen molar-refractivity contribution in [2.45, 2.75) is 12.8 Å². The molecule has 0 unspecified atom stereocenters. The molecule has 0 saturated heterocycles. The van der Waals surface area contributed by atoms with Gasteiger partial charge in [-0.05, 0) is 65.4 Å². The number of hydrogen-bond donors (Lipinski definition) is 1. The minimum absolute atomic E-state index is 0.109. The monoisotopic (exact) mass is 415 g/mol. The summed E-state index contributed by atoms with van der Waals surface area (Å²) in [6.45, 7) is 0.575. The van der Waals surface area contributed by atoms with Gasteiger partial charge in [-0.1, -0.05) is 42.5 Å². The van der Waals surface area contributed by atoms with Crippen molar-refractivity contribution in [2.24, 2.45) is 0 Å². The number of nitrogens with one attached hydrogen (secondary N) is 1. The lowest BCUT2D eigenvalue weighted by molar-refractivity contribution is 0.314. The van der Waals surface area contributed by atoms with Gasteiger partial charge in [0, 0.05) is 22.3 Å². The van der Waals surface area contributed by atoms with Crippen LogP contribution in [-0.4, -0.2) is 21.2 Å². The van der Waals surface area contributed by atoms with E-state index in [1.807, 2.05) is 18.2 Å². The third-order valence-corrected chi connectivity index (χ3v) is 5.20. The van der Waals surface area contributed by atoms with Crippen LogP contribution in [0, 0.1) is 0 Å². The number of fused-ring (bicyclic) bond motifs is 2. The third-order valence-electron chi connectivity index (χ3n) is 4.83. The van der Waals surface area contributed by atoms with Gasteiger partial charge in [0.15, 0.2) is 0 Å². The standard InChI is InChI=1S/C13H13NO3S.C12H8/c15-13-6-3-10-9-11(4-5-12(10)14-13)17-7-1-2-8-18-16;1-2-4-9(5-3-1)11-7-6-10-8-12(10)11/h3-6,8-9H,1-2,7H2,(H,14,15);1-8H. The van der Waals surface area contributed by atoms with E-state index in [0.29, 0.717) is 17.9 Å². The van der Waals surface area contributed by atoms with Crippen LogP contribution in [0.25, 0.3) is 33.2 Å². The summed E-state index contributed by atoms with van der Waals surface area (Å²) >= 11 is 0.487. The van der Waals surface area contributed by atoms with Gasteiger partial charge in [0.1, 0.15) is 5.75 Å². The maximum atomic E-state index is 11.1. The van der Waals surface area contributed by atoms with Gasteiger partial charge in [0.25, 0.3) is 0 Å². The van der Waals surface area contributed by atoms with Gasteiger partial charge in [-0.2, -0.15) is 0 Å². The molecule has 4 nitrogen and oxygen atoms in total. The minimum Gasteiger partial charge on any atom is -0.494 e. The largest absolute Gasteiger partial charge is 0.494 e. The van der Waals surface area contributed by atoms with E-state index in [2.05, 4.69) is 53.5 Å². The molecule has 0 amide bonds. The predicted molar refractivity (Wildman–Crippen MR) is 124 cm³/mol. The molecule has 1 N–H and O–H groups in total. The number of unbranched alkanes of at least 4 members (excludes halogenated alkanes) is 1. The number of ether oxygens (including phenoxy) is 1. The summed E-state index contributed by atoms with van der Waals surface area (Å²) in [6, 6.07) is 25.9. The highest BCUT2D eigenvalue weighted by molar-refractivity contribution is 7.64. The first-order valence-corrected chi connectivity index (χ1v) is 10.6. The van der Waals surface area contributed by atoms with Crippen molar-refractivity contribution in [2.75, 3.05) is 6.61 Å². The lowest BCUT2D eigenvalue weighted by atomic mass is 10.1. The van der Waals surface area contributed by atoms with Gasteiger partial charge in [-0.3, -0.25) is 4.79 Å². The maximum Gasteiger partial charge on any atom is 0.248 e. The summed E-state index contributed by atoms with van der Waals surface area (Å²) in [4.78, 5) is 13.9. The molecule has 2 aliphatic rings. The zero-order valence-corrected chi connectivity index (χ0v) is 17.2. The third kappa shape index (κ3) is 4.93. The Morgan fingerprint density at radius 1 is 0.867 bits per heavy atom. The topological polar surface area (TPSA) is 59.2 Å². The van der Waals surface area contributed by atoms with Crippen LogP contribution < -0.4 is 10.3 Å². The predicted octanol–water partition coefficient (Wildman–Crippen LogP) is 5.04. The molecule has 5 rings (SSSR count). The quantitative estimate of drug-likeness (QED) is 0.312. The fourth-order valence-corrected chi connectivity index (χ4v) is 3.51. The average molecular weight is 416 g/mol. The summed E-state index contributed by atoms with van der Waals surface area (Å²) < 4.78 is 15.7. The van der Waals surface area contributed by atoms with Gasteiger partial charge in [-0.25, -0.2) is 4.21 Å². The van der Waals surface area contributed by atoms with Crippen LogP contribution in [0.15, 0.2) is 83.7 Å². The van der Waals surface area contributed by atoms with E-state index in [1.54, 1.807) is 11.4 Å². The molecule has 30 heavy (non-hydrogen) atoms. The van der Waals surface area contributed by atoms with Crippen LogP contribution in [0.3, 0.4) is 0 Å². The molecule has 0 radical (unpaired) electrons. The van der Waals surface area contributed by atoms with Crippen LogP contribution in [0.4, 0.5) is 0 Å². The van der Waals surface area contributed by atoms with Gasteiger partial charge in [0.05, 0.1) is 17.9 Å². The second kappa shape index (κ2) is 9.37. The fraction of sp³-hybridized carbons (Fsp3) is 0.120. The number of rotatable bonds is 6. The van der Waals surface area contributed by atoms with Crippen molar-refractivity contribution in [1.82, 2.24) is 4.98 Å². The minimum atomic E-state index is -0.109. The molecule has 5 heteroatoms. The number of benzene rings is 3. The van der Waals surface area contributed by atoms with Crippen LogP contribution in [0.5, 0.6) is 5.75 Å². The van der Waals surface area contributed by atoms with E-state index >= 15 is 0 Å². The Hall–Kier alpha value is -3.44. The summed E-state index contributed by atoms with van der Waals surface area (Å²) in [5.41, 5.74) is 6.24. The molecule has 0 saturated carbocycles. The highest BCUT2D eigenvalue weighted by atomic mass is 32.1. The number of aromatic nitrogens is 1. The zero-order valence-electron chi connectivity index (χ0n) is 16.3. The summed E-state index contributed by atoms with van der Waals surface area (Å²) in [5, 5.41) is 2.56. The molecule has 0 aliphatic heterocycles. The maximum absolute atomic E-state index is 11.1. The molecule has 2 aliphatic carbocycles. The van der Waals surface area contributed by atoms with Crippen molar-refractivity contribution < 1.29 is 8.95 Å². The van der Waals surface area contributed by atoms with E-state index < -0.39 is 0 Å². The molecule has 3 aromatic rings. The number of hydrogen-bond acceptors (Lipinski definition) is 3. The Bertz CT molecular complexity index is 1270. The van der Waals surface area contributed by atoms with Crippen LogP contribution >= 0.6 is 0 Å².